The van der Waals surface area contributed by atoms with Gasteiger partial charge in [-0.05, 0) is 11.2 Å². The van der Waals surface area contributed by atoms with Gasteiger partial charge in [-0.15, -0.1) is 11.6 Å². The van der Waals surface area contributed by atoms with E-state index >= 15 is 0 Å². The van der Waals surface area contributed by atoms with E-state index in [4.69, 9.17) is 16.3 Å². The number of amides is 2. The number of β-lactam (4-membered cyclic amide) rings is 1. The molecule has 2 rings (SSSR count). The Morgan fingerprint density at radius 2 is 2.27 bits per heavy atom. The second kappa shape index (κ2) is 7.37. The van der Waals surface area contributed by atoms with E-state index in [1.165, 1.54) is 4.90 Å². The first-order chi connectivity index (χ1) is 10.4. The minimum absolute atomic E-state index is 0.0890. The van der Waals surface area contributed by atoms with Gasteiger partial charge in [-0.25, -0.2) is 4.79 Å². The van der Waals surface area contributed by atoms with E-state index in [0.29, 0.717) is 10.0 Å². The molecule has 1 N–H and O–H groups in total. The summed E-state index contributed by atoms with van der Waals surface area (Å²) in [5.41, 5.74) is 0.378. The zero-order chi connectivity index (χ0) is 16.4. The van der Waals surface area contributed by atoms with Gasteiger partial charge in [0, 0.05) is 10.0 Å². The van der Waals surface area contributed by atoms with E-state index in [2.05, 4.69) is 34.5 Å². The van der Waals surface area contributed by atoms with Crippen LogP contribution in [0.25, 0.3) is 0 Å². The zero-order valence-corrected chi connectivity index (χ0v) is 15.2. The summed E-state index contributed by atoms with van der Waals surface area (Å²) in [5.74, 6) is -1.79. The molecule has 2 amide bonds. The SMILES string of the molecule is C=C1C[S+]([O-])[C@H]2C(NC(=O)CCl)C(=O)N2C1C(=O)OCCI. The second-order valence-electron chi connectivity index (χ2n) is 4.76. The highest BCUT2D eigenvalue weighted by molar-refractivity contribution is 14.1. The molecule has 0 radical (unpaired) electrons. The molecular formula is C12H14ClIN2O5S. The molecule has 2 aliphatic heterocycles. The van der Waals surface area contributed by atoms with Crippen molar-refractivity contribution in [2.75, 3.05) is 22.7 Å². The first kappa shape index (κ1) is 17.8. The van der Waals surface area contributed by atoms with Crippen molar-refractivity contribution in [1.82, 2.24) is 10.2 Å². The quantitative estimate of drug-likeness (QED) is 0.150. The molecule has 122 valence electrons. The third-order valence-electron chi connectivity index (χ3n) is 3.32. The number of carbonyl (C=O) groups excluding carboxylic acids is 3. The smallest absolute Gasteiger partial charge is 0.333 e. The molecular weight excluding hydrogens is 447 g/mol. The molecule has 0 saturated carbocycles. The van der Waals surface area contributed by atoms with Crippen LogP contribution >= 0.6 is 34.2 Å². The summed E-state index contributed by atoms with van der Waals surface area (Å²) < 4.78 is 17.9. The van der Waals surface area contributed by atoms with E-state index in [-0.39, 0.29) is 18.2 Å². The van der Waals surface area contributed by atoms with Crippen molar-refractivity contribution in [3.63, 3.8) is 0 Å². The van der Waals surface area contributed by atoms with E-state index in [1.807, 2.05) is 0 Å². The van der Waals surface area contributed by atoms with E-state index in [0.717, 1.165) is 0 Å². The molecule has 0 aromatic rings. The van der Waals surface area contributed by atoms with E-state index in [1.54, 1.807) is 0 Å². The summed E-state index contributed by atoms with van der Waals surface area (Å²) in [4.78, 5) is 36.8. The van der Waals surface area contributed by atoms with Crippen LogP contribution in [0.2, 0.25) is 0 Å². The highest BCUT2D eigenvalue weighted by atomic mass is 127. The van der Waals surface area contributed by atoms with Gasteiger partial charge in [0.05, 0.1) is 0 Å². The van der Waals surface area contributed by atoms with Crippen molar-refractivity contribution >= 4 is 63.2 Å². The predicted molar refractivity (Wildman–Crippen MR) is 89.1 cm³/mol. The van der Waals surface area contributed by atoms with Crippen molar-refractivity contribution < 1.29 is 23.7 Å². The number of nitrogens with one attached hydrogen (secondary N) is 1. The first-order valence-electron chi connectivity index (χ1n) is 6.37. The number of carbonyl (C=O) groups is 3. The number of nitrogens with zero attached hydrogens (tertiary/aromatic N) is 1. The van der Waals surface area contributed by atoms with Crippen LogP contribution in [0.1, 0.15) is 0 Å². The largest absolute Gasteiger partial charge is 0.614 e. The molecule has 2 heterocycles. The molecule has 2 saturated heterocycles. The van der Waals surface area contributed by atoms with Crippen LogP contribution in [-0.2, 0) is 30.3 Å². The van der Waals surface area contributed by atoms with Gasteiger partial charge < -0.3 is 14.6 Å². The first-order valence-corrected chi connectivity index (χ1v) is 9.81. The summed E-state index contributed by atoms with van der Waals surface area (Å²) in [6.07, 6.45) is 0. The Balaban J connectivity index is 2.15. The third kappa shape index (κ3) is 3.22. The Morgan fingerprint density at radius 1 is 1.59 bits per heavy atom. The normalized spacial score (nSPS) is 30.4. The highest BCUT2D eigenvalue weighted by Gasteiger charge is 2.62. The van der Waals surface area contributed by atoms with Crippen LogP contribution in [0.5, 0.6) is 0 Å². The molecule has 0 aromatic carbocycles. The molecule has 22 heavy (non-hydrogen) atoms. The van der Waals surface area contributed by atoms with Gasteiger partial charge in [-0.2, -0.15) is 0 Å². The van der Waals surface area contributed by atoms with Crippen molar-refractivity contribution in [2.24, 2.45) is 0 Å². The Labute approximate surface area is 149 Å². The maximum Gasteiger partial charge on any atom is 0.333 e. The van der Waals surface area contributed by atoms with Gasteiger partial charge in [0.2, 0.25) is 11.3 Å². The molecule has 2 aliphatic rings. The van der Waals surface area contributed by atoms with Gasteiger partial charge in [-0.3, -0.25) is 14.5 Å². The number of ether oxygens (including phenoxy) is 1. The fraction of sp³-hybridized carbons (Fsp3) is 0.583. The summed E-state index contributed by atoms with van der Waals surface area (Å²) >= 11 is 6.02. The maximum absolute atomic E-state index is 12.2. The predicted octanol–water partition coefficient (Wildman–Crippen LogP) is -0.456. The Hall–Kier alpha value is -0.520. The van der Waals surface area contributed by atoms with E-state index < -0.39 is 46.4 Å². The van der Waals surface area contributed by atoms with Crippen LogP contribution < -0.4 is 5.32 Å². The number of hydrogen-bond acceptors (Lipinski definition) is 5. The zero-order valence-electron chi connectivity index (χ0n) is 11.4. The molecule has 7 nitrogen and oxygen atoms in total. The van der Waals surface area contributed by atoms with Crippen LogP contribution in [0, 0.1) is 0 Å². The van der Waals surface area contributed by atoms with Crippen LogP contribution in [0.4, 0.5) is 0 Å². The van der Waals surface area contributed by atoms with Gasteiger partial charge in [0.1, 0.15) is 18.2 Å². The average Bonchev–Trinajstić information content (AvgIpc) is 2.49. The lowest BCUT2D eigenvalue weighted by atomic mass is 9.98. The summed E-state index contributed by atoms with van der Waals surface area (Å²) in [6.45, 7) is 3.96. The fourth-order valence-electron chi connectivity index (χ4n) is 2.43. The number of hydrogen-bond donors (Lipinski definition) is 1. The van der Waals surface area contributed by atoms with Crippen molar-refractivity contribution in [2.45, 2.75) is 17.5 Å². The number of rotatable bonds is 5. The number of alkyl halides is 2. The topological polar surface area (TPSA) is 98.8 Å². The van der Waals surface area contributed by atoms with Gasteiger partial charge in [0.25, 0.3) is 5.91 Å². The monoisotopic (exact) mass is 460 g/mol. The lowest BCUT2D eigenvalue weighted by Gasteiger charge is -2.52. The van der Waals surface area contributed by atoms with Crippen LogP contribution in [-0.4, -0.2) is 67.4 Å². The number of esters is 1. The van der Waals surface area contributed by atoms with Crippen molar-refractivity contribution in [1.29, 1.82) is 0 Å². The fourth-order valence-corrected chi connectivity index (χ4v) is 4.38. The third-order valence-corrected chi connectivity index (χ3v) is 5.70. The highest BCUT2D eigenvalue weighted by Crippen LogP contribution is 2.36. The second-order valence-corrected chi connectivity index (χ2v) is 7.64. The molecule has 0 bridgehead atoms. The molecule has 2 fully saturated rings. The standard InChI is InChI=1S/C12H14ClIN2O5S/c1-6-5-22(20)11-8(15-7(17)4-13)10(18)16(11)9(6)12(19)21-3-2-14/h8-9,11H,1-5H2,(H,15,17)/t8?,9?,11-,22?/m0/s1. The minimum atomic E-state index is -1.43. The Morgan fingerprint density at radius 3 is 2.86 bits per heavy atom. The number of halogens is 2. The van der Waals surface area contributed by atoms with Crippen molar-refractivity contribution in [3.05, 3.63) is 12.2 Å². The summed E-state index contributed by atoms with van der Waals surface area (Å²) in [7, 11) is 0. The van der Waals surface area contributed by atoms with Crippen LogP contribution in [0.3, 0.4) is 0 Å². The minimum Gasteiger partial charge on any atom is -0.614 e. The molecule has 3 unspecified atom stereocenters. The molecule has 0 aromatic heterocycles. The molecule has 0 spiro atoms. The maximum atomic E-state index is 12.2. The van der Waals surface area contributed by atoms with E-state index in [9.17, 15) is 18.9 Å². The lowest BCUT2D eigenvalue weighted by molar-refractivity contribution is -0.163. The van der Waals surface area contributed by atoms with Crippen LogP contribution in [0.15, 0.2) is 12.2 Å². The van der Waals surface area contributed by atoms with Gasteiger partial charge >= 0.3 is 5.97 Å². The van der Waals surface area contributed by atoms with Gasteiger partial charge in [-0.1, -0.05) is 29.2 Å². The average molecular weight is 461 g/mol. The number of fused-ring (bicyclic) bond motifs is 1. The molecule has 10 heteroatoms. The summed E-state index contributed by atoms with van der Waals surface area (Å²) in [6, 6.07) is -1.86. The molecule has 4 atom stereocenters. The Kier molecular flexibility index (Phi) is 5.97. The Bertz CT molecular complexity index is 520. The lowest BCUT2D eigenvalue weighted by Crippen LogP contribution is -2.78. The molecule has 0 aliphatic carbocycles. The summed E-state index contributed by atoms with van der Waals surface area (Å²) in [5, 5.41) is 1.68. The van der Waals surface area contributed by atoms with Crippen molar-refractivity contribution in [3.8, 4) is 0 Å². The van der Waals surface area contributed by atoms with Gasteiger partial charge in [0.15, 0.2) is 12.1 Å².